The van der Waals surface area contributed by atoms with Gasteiger partial charge in [0.2, 0.25) is 0 Å². The summed E-state index contributed by atoms with van der Waals surface area (Å²) < 4.78 is 47.5. The number of alkyl halides is 2. The zero-order valence-electron chi connectivity index (χ0n) is 8.93. The predicted molar refractivity (Wildman–Crippen MR) is 59.9 cm³/mol. The summed E-state index contributed by atoms with van der Waals surface area (Å²) in [7, 11) is -4.68. The molecule has 0 saturated heterocycles. The van der Waals surface area contributed by atoms with Crippen LogP contribution in [0.2, 0.25) is 0 Å². The molecule has 0 radical (unpaired) electrons. The summed E-state index contributed by atoms with van der Waals surface area (Å²) >= 11 is 0. The highest BCUT2D eigenvalue weighted by Crippen LogP contribution is 2.14. The van der Waals surface area contributed by atoms with Gasteiger partial charge in [-0.25, -0.2) is 13.2 Å². The molecule has 9 heteroatoms. The highest BCUT2D eigenvalue weighted by molar-refractivity contribution is 7.93. The van der Waals surface area contributed by atoms with Crippen molar-refractivity contribution in [3.05, 3.63) is 29.8 Å². The minimum absolute atomic E-state index is 0.0191. The van der Waals surface area contributed by atoms with Crippen LogP contribution in [0.4, 0.5) is 19.3 Å². The lowest BCUT2D eigenvalue weighted by Gasteiger charge is -2.07. The number of anilines is 1. The first-order valence-corrected chi connectivity index (χ1v) is 6.21. The van der Waals surface area contributed by atoms with E-state index in [0.29, 0.717) is 5.56 Å². The number of halogens is 2. The van der Waals surface area contributed by atoms with E-state index in [-0.39, 0.29) is 12.2 Å². The fourth-order valence-electron chi connectivity index (χ4n) is 1.08. The molecule has 0 aliphatic rings. The van der Waals surface area contributed by atoms with Gasteiger partial charge in [0, 0.05) is 12.2 Å². The second kappa shape index (κ2) is 5.63. The van der Waals surface area contributed by atoms with Crippen LogP contribution in [0.5, 0.6) is 0 Å². The Morgan fingerprint density at radius 1 is 1.28 bits per heavy atom. The van der Waals surface area contributed by atoms with E-state index >= 15 is 0 Å². The van der Waals surface area contributed by atoms with Crippen molar-refractivity contribution in [3.63, 3.8) is 0 Å². The summed E-state index contributed by atoms with van der Waals surface area (Å²) in [5.41, 5.74) is 0.548. The van der Waals surface area contributed by atoms with E-state index in [4.69, 9.17) is 5.11 Å². The number of carboxylic acid groups (broad SMARTS) is 1. The minimum atomic E-state index is -4.68. The van der Waals surface area contributed by atoms with Crippen LogP contribution in [0, 0.1) is 0 Å². The average molecular weight is 280 g/mol. The van der Waals surface area contributed by atoms with Gasteiger partial charge in [-0.2, -0.15) is 8.78 Å². The van der Waals surface area contributed by atoms with Gasteiger partial charge in [-0.3, -0.25) is 4.72 Å². The molecule has 3 N–H and O–H groups in total. The molecule has 0 heterocycles. The number of nitrogens with one attached hydrogen (secondary N) is 2. The molecule has 0 bridgehead atoms. The summed E-state index contributed by atoms with van der Waals surface area (Å²) in [5, 5.41) is 10.5. The van der Waals surface area contributed by atoms with E-state index in [1.807, 2.05) is 0 Å². The monoisotopic (exact) mass is 280 g/mol. The first kappa shape index (κ1) is 14.2. The van der Waals surface area contributed by atoms with Crippen LogP contribution in [-0.4, -0.2) is 25.4 Å². The standard InChI is InChI=1S/C9H10F2N2O4S/c10-8(11)18(16,17)13-7-3-1-6(2-4-7)5-12-9(14)15/h1-4,8,12-13H,5H2,(H,14,15). The van der Waals surface area contributed by atoms with Gasteiger partial charge in [-0.1, -0.05) is 12.1 Å². The molecule has 0 aliphatic heterocycles. The van der Waals surface area contributed by atoms with Gasteiger partial charge in [0.15, 0.2) is 0 Å². The summed E-state index contributed by atoms with van der Waals surface area (Å²) in [6, 6.07) is 5.36. The smallest absolute Gasteiger partial charge is 0.404 e. The van der Waals surface area contributed by atoms with Crippen molar-refractivity contribution in [1.82, 2.24) is 5.32 Å². The van der Waals surface area contributed by atoms with Crippen LogP contribution in [0.1, 0.15) is 5.56 Å². The molecule has 0 atom stereocenters. The van der Waals surface area contributed by atoms with Crippen LogP contribution in [0.3, 0.4) is 0 Å². The molecule has 18 heavy (non-hydrogen) atoms. The molecule has 0 spiro atoms. The van der Waals surface area contributed by atoms with Gasteiger partial charge in [0.05, 0.1) is 0 Å². The highest BCUT2D eigenvalue weighted by Gasteiger charge is 2.23. The number of hydrogen-bond donors (Lipinski definition) is 3. The Labute approximate surface area is 102 Å². The maximum absolute atomic E-state index is 12.1. The van der Waals surface area contributed by atoms with Gasteiger partial charge in [-0.15, -0.1) is 0 Å². The van der Waals surface area contributed by atoms with Gasteiger partial charge < -0.3 is 10.4 Å². The quantitative estimate of drug-likeness (QED) is 0.760. The lowest BCUT2D eigenvalue weighted by Crippen LogP contribution is -2.21. The fourth-order valence-corrected chi connectivity index (χ4v) is 1.63. The van der Waals surface area contributed by atoms with E-state index in [2.05, 4.69) is 5.32 Å². The van der Waals surface area contributed by atoms with Gasteiger partial charge in [0.25, 0.3) is 10.0 Å². The number of rotatable bonds is 5. The molecule has 0 saturated carbocycles. The zero-order chi connectivity index (χ0) is 13.8. The Bertz CT molecular complexity index is 516. The van der Waals surface area contributed by atoms with Crippen molar-refractivity contribution in [2.45, 2.75) is 12.3 Å². The SMILES string of the molecule is O=C(O)NCc1ccc(NS(=O)(=O)C(F)F)cc1. The van der Waals surface area contributed by atoms with Crippen LogP contribution in [0.15, 0.2) is 24.3 Å². The predicted octanol–water partition coefficient (Wildman–Crippen LogP) is 1.42. The number of carbonyl (C=O) groups is 1. The zero-order valence-corrected chi connectivity index (χ0v) is 9.75. The first-order chi connectivity index (χ1) is 8.31. The Balaban J connectivity index is 2.69. The molecule has 1 aromatic carbocycles. The van der Waals surface area contributed by atoms with Gasteiger partial charge in [0.1, 0.15) is 0 Å². The van der Waals surface area contributed by atoms with E-state index in [1.165, 1.54) is 24.3 Å². The van der Waals surface area contributed by atoms with E-state index in [0.717, 1.165) is 0 Å². The van der Waals surface area contributed by atoms with E-state index in [9.17, 15) is 22.0 Å². The van der Waals surface area contributed by atoms with Crippen molar-refractivity contribution in [3.8, 4) is 0 Å². The van der Waals surface area contributed by atoms with Crippen molar-refractivity contribution >= 4 is 21.8 Å². The van der Waals surface area contributed by atoms with Crippen LogP contribution in [-0.2, 0) is 16.6 Å². The Hall–Kier alpha value is -1.90. The third-order valence-electron chi connectivity index (χ3n) is 1.89. The third-order valence-corrected chi connectivity index (χ3v) is 2.88. The molecule has 0 fully saturated rings. The van der Waals surface area contributed by atoms with Crippen molar-refractivity contribution in [2.75, 3.05) is 4.72 Å². The number of benzene rings is 1. The van der Waals surface area contributed by atoms with Gasteiger partial charge in [-0.05, 0) is 17.7 Å². The Morgan fingerprint density at radius 3 is 2.28 bits per heavy atom. The minimum Gasteiger partial charge on any atom is -0.465 e. The molecule has 100 valence electrons. The molecule has 1 rings (SSSR count). The van der Waals surface area contributed by atoms with Gasteiger partial charge >= 0.3 is 11.9 Å². The average Bonchev–Trinajstić information content (AvgIpc) is 2.27. The molecule has 0 unspecified atom stereocenters. The third kappa shape index (κ3) is 4.17. The molecule has 0 aromatic heterocycles. The normalized spacial score (nSPS) is 11.3. The van der Waals surface area contributed by atoms with Crippen LogP contribution < -0.4 is 10.0 Å². The maximum atomic E-state index is 12.1. The summed E-state index contributed by atoms with van der Waals surface area (Å²) in [6.07, 6.45) is -1.20. The number of amides is 1. The summed E-state index contributed by atoms with van der Waals surface area (Å²) in [6.45, 7) is 0.0389. The highest BCUT2D eigenvalue weighted by atomic mass is 32.2. The lowest BCUT2D eigenvalue weighted by atomic mass is 10.2. The van der Waals surface area contributed by atoms with E-state index in [1.54, 1.807) is 4.72 Å². The molecular formula is C9H10F2N2O4S. The van der Waals surface area contributed by atoms with Crippen molar-refractivity contribution < 1.29 is 27.1 Å². The van der Waals surface area contributed by atoms with Crippen molar-refractivity contribution in [2.24, 2.45) is 0 Å². The Kier molecular flexibility index (Phi) is 4.43. The largest absolute Gasteiger partial charge is 0.465 e. The van der Waals surface area contributed by atoms with E-state index < -0.39 is 21.9 Å². The number of sulfonamides is 1. The van der Waals surface area contributed by atoms with Crippen LogP contribution >= 0.6 is 0 Å². The fraction of sp³-hybridized carbons (Fsp3) is 0.222. The first-order valence-electron chi connectivity index (χ1n) is 4.67. The maximum Gasteiger partial charge on any atom is 0.404 e. The summed E-state index contributed by atoms with van der Waals surface area (Å²) in [4.78, 5) is 10.2. The molecular weight excluding hydrogens is 270 g/mol. The second-order valence-electron chi connectivity index (χ2n) is 3.26. The number of hydrogen-bond acceptors (Lipinski definition) is 3. The molecule has 1 amide bonds. The van der Waals surface area contributed by atoms with Crippen molar-refractivity contribution in [1.29, 1.82) is 0 Å². The second-order valence-corrected chi connectivity index (χ2v) is 4.91. The van der Waals surface area contributed by atoms with Crippen LogP contribution in [0.25, 0.3) is 0 Å². The summed E-state index contributed by atoms with van der Waals surface area (Å²) in [5.74, 6) is -3.51. The Morgan fingerprint density at radius 2 is 1.83 bits per heavy atom. The molecule has 0 aliphatic carbocycles. The topological polar surface area (TPSA) is 95.5 Å². The molecule has 6 nitrogen and oxygen atoms in total. The lowest BCUT2D eigenvalue weighted by molar-refractivity contribution is 0.194. The molecule has 1 aromatic rings.